The van der Waals surface area contributed by atoms with Gasteiger partial charge in [0.15, 0.2) is 5.84 Å². The maximum absolute atomic E-state index is 5.69. The second-order valence-electron chi connectivity index (χ2n) is 8.58. The maximum Gasteiger partial charge on any atom is 0.178 e. The zero-order valence-corrected chi connectivity index (χ0v) is 20.3. The summed E-state index contributed by atoms with van der Waals surface area (Å²) in [4.78, 5) is 15.0. The number of benzene rings is 1. The molecule has 1 aliphatic rings. The van der Waals surface area contributed by atoms with E-state index in [1.807, 2.05) is 37.5 Å². The van der Waals surface area contributed by atoms with Crippen LogP contribution >= 0.6 is 11.3 Å². The van der Waals surface area contributed by atoms with Gasteiger partial charge in [0.25, 0.3) is 0 Å². The van der Waals surface area contributed by atoms with Gasteiger partial charge in [-0.2, -0.15) is 0 Å². The van der Waals surface area contributed by atoms with E-state index in [-0.39, 0.29) is 0 Å². The molecule has 0 radical (unpaired) electrons. The van der Waals surface area contributed by atoms with E-state index in [1.165, 1.54) is 11.9 Å². The third kappa shape index (κ3) is 5.73. The summed E-state index contributed by atoms with van der Waals surface area (Å²) >= 11 is 1.62. The number of nitrogens with two attached hydrogens (primary N) is 1. The lowest BCUT2D eigenvalue weighted by Gasteiger charge is -2.31. The third-order valence-electron chi connectivity index (χ3n) is 5.91. The number of rotatable bonds is 7. The van der Waals surface area contributed by atoms with Crippen molar-refractivity contribution in [2.24, 2.45) is 15.7 Å². The van der Waals surface area contributed by atoms with E-state index < -0.39 is 0 Å². The number of nitrogens with one attached hydrogen (secondary N) is 2. The number of aliphatic imine (C=N–C) groups is 2. The summed E-state index contributed by atoms with van der Waals surface area (Å²) in [5.74, 6) is 0.929. The molecule has 3 heterocycles. The van der Waals surface area contributed by atoms with Gasteiger partial charge in [0.05, 0.1) is 17.7 Å². The zero-order chi connectivity index (χ0) is 23.2. The molecule has 9 heteroatoms. The Balaban J connectivity index is 1.57. The average molecular weight is 465 g/mol. The van der Waals surface area contributed by atoms with Crippen molar-refractivity contribution in [3.63, 3.8) is 0 Å². The lowest BCUT2D eigenvalue weighted by molar-refractivity contribution is 0.194. The van der Waals surface area contributed by atoms with Gasteiger partial charge in [-0.1, -0.05) is 37.3 Å². The number of amidine groups is 1. The summed E-state index contributed by atoms with van der Waals surface area (Å²) in [6.07, 6.45) is 5.56. The summed E-state index contributed by atoms with van der Waals surface area (Å²) in [5.41, 5.74) is 9.55. The highest BCUT2D eigenvalue weighted by molar-refractivity contribution is 7.14. The Morgan fingerprint density at radius 2 is 2.12 bits per heavy atom. The van der Waals surface area contributed by atoms with Gasteiger partial charge in [-0.15, -0.1) is 10.2 Å². The number of piperidine rings is 1. The number of aromatic nitrogens is 3. The minimum absolute atomic E-state index is 0.360. The van der Waals surface area contributed by atoms with Crippen molar-refractivity contribution in [2.45, 2.75) is 45.2 Å². The molecule has 4 N–H and O–H groups in total. The fraction of sp³-hybridized carbons (Fsp3) is 0.417. The van der Waals surface area contributed by atoms with Crippen molar-refractivity contribution in [2.75, 3.05) is 20.1 Å². The van der Waals surface area contributed by atoms with Crippen LogP contribution < -0.4 is 11.1 Å². The van der Waals surface area contributed by atoms with Crippen molar-refractivity contribution in [1.82, 2.24) is 25.4 Å². The third-order valence-corrected chi connectivity index (χ3v) is 7.18. The first kappa shape index (κ1) is 23.3. The molecule has 8 nitrogen and oxygen atoms in total. The molecule has 0 unspecified atom stereocenters. The maximum atomic E-state index is 5.69. The van der Waals surface area contributed by atoms with Crippen LogP contribution in [0.5, 0.6) is 0 Å². The second-order valence-corrected chi connectivity index (χ2v) is 9.59. The minimum Gasteiger partial charge on any atom is -0.390 e. The number of hydrogen-bond donors (Lipinski definition) is 3. The van der Waals surface area contributed by atoms with Gasteiger partial charge in [-0.3, -0.25) is 4.90 Å². The van der Waals surface area contributed by atoms with Crippen molar-refractivity contribution in [1.29, 1.82) is 0 Å². The molecule has 2 aromatic heterocycles. The first-order valence-corrected chi connectivity index (χ1v) is 12.2. The molecule has 0 atom stereocenters. The van der Waals surface area contributed by atoms with Gasteiger partial charge < -0.3 is 16.0 Å². The first-order chi connectivity index (χ1) is 16.1. The normalized spacial score (nSPS) is 16.3. The van der Waals surface area contributed by atoms with Crippen molar-refractivity contribution >= 4 is 29.2 Å². The Labute approximate surface area is 199 Å². The van der Waals surface area contributed by atoms with Crippen LogP contribution in [0.4, 0.5) is 5.69 Å². The predicted molar refractivity (Wildman–Crippen MR) is 136 cm³/mol. The molecule has 1 saturated heterocycles. The molecular weight excluding hydrogens is 432 g/mol. The average Bonchev–Trinajstić information content (AvgIpc) is 3.50. The molecule has 1 aromatic carbocycles. The quantitative estimate of drug-likeness (QED) is 0.363. The van der Waals surface area contributed by atoms with E-state index in [1.54, 1.807) is 11.3 Å². The zero-order valence-electron chi connectivity index (χ0n) is 19.5. The summed E-state index contributed by atoms with van der Waals surface area (Å²) in [6.45, 7) is 7.26. The highest BCUT2D eigenvalue weighted by atomic mass is 32.1. The van der Waals surface area contributed by atoms with Crippen LogP contribution in [0.25, 0.3) is 10.6 Å². The molecule has 1 fully saturated rings. The Hall–Kier alpha value is -2.88. The number of nitrogens with zero attached hydrogens (tertiary/aromatic N) is 5. The summed E-state index contributed by atoms with van der Waals surface area (Å²) in [7, 11) is 2.04. The van der Waals surface area contributed by atoms with Gasteiger partial charge >= 0.3 is 0 Å². The van der Waals surface area contributed by atoms with E-state index in [9.17, 15) is 0 Å². The van der Waals surface area contributed by atoms with E-state index in [4.69, 9.17) is 10.7 Å². The highest BCUT2D eigenvalue weighted by Crippen LogP contribution is 2.30. The van der Waals surface area contributed by atoms with Gasteiger partial charge in [0.2, 0.25) is 0 Å². The lowest BCUT2D eigenvalue weighted by Crippen LogP contribution is -2.40. The van der Waals surface area contributed by atoms with Crippen LogP contribution in [0.15, 0.2) is 46.5 Å². The summed E-state index contributed by atoms with van der Waals surface area (Å²) in [5, 5.41) is 14.0. The first-order valence-electron chi connectivity index (χ1n) is 11.4. The van der Waals surface area contributed by atoms with Crippen LogP contribution in [-0.2, 0) is 6.54 Å². The van der Waals surface area contributed by atoms with E-state index in [0.717, 1.165) is 59.4 Å². The predicted octanol–water partition coefficient (Wildman–Crippen LogP) is 3.91. The van der Waals surface area contributed by atoms with E-state index in [2.05, 4.69) is 50.3 Å². The van der Waals surface area contributed by atoms with Crippen molar-refractivity contribution in [3.8, 4) is 10.6 Å². The molecule has 174 valence electrons. The molecule has 0 spiro atoms. The van der Waals surface area contributed by atoms with E-state index in [0.29, 0.717) is 17.8 Å². The fourth-order valence-corrected chi connectivity index (χ4v) is 4.84. The van der Waals surface area contributed by atoms with Gasteiger partial charge in [-0.05, 0) is 56.7 Å². The molecule has 0 bridgehead atoms. The highest BCUT2D eigenvalue weighted by Gasteiger charge is 2.20. The Morgan fingerprint density at radius 3 is 2.82 bits per heavy atom. The fourth-order valence-electron chi connectivity index (χ4n) is 4.00. The molecule has 33 heavy (non-hydrogen) atoms. The molecule has 1 aliphatic heterocycles. The van der Waals surface area contributed by atoms with Gasteiger partial charge in [0, 0.05) is 30.3 Å². The van der Waals surface area contributed by atoms with E-state index >= 15 is 0 Å². The molecule has 0 saturated carbocycles. The number of likely N-dealkylation sites (tertiary alicyclic amines) is 1. The number of H-pyrrole nitrogens is 1. The molecule has 0 amide bonds. The standard InChI is InChI=1S/C24H32N8S/c1-16(2)23-30-31-24(33-23)17-5-4-6-20(13-17)29-22(28-15-25)21-18(7-10-27-21)14-32-11-8-19(26-3)9-12-32/h4-7,10,13,15-16,19,26-27H,8-9,11-12,14H2,1-3H3,(H2,25,28,29). The van der Waals surface area contributed by atoms with Crippen LogP contribution in [0.3, 0.4) is 0 Å². The van der Waals surface area contributed by atoms with Crippen LogP contribution in [0.2, 0.25) is 0 Å². The SMILES string of the molecule is CNC1CCN(Cc2cc[nH]c2C(N=CN)=Nc2cccc(-c3nnc(C(C)C)s3)c2)CC1. The largest absolute Gasteiger partial charge is 0.390 e. The molecule has 3 aromatic rings. The number of hydrogen-bond acceptors (Lipinski definition) is 6. The van der Waals surface area contributed by atoms with Crippen molar-refractivity contribution in [3.05, 3.63) is 52.8 Å². The second kappa shape index (κ2) is 10.8. The summed E-state index contributed by atoms with van der Waals surface area (Å²) < 4.78 is 0. The monoisotopic (exact) mass is 464 g/mol. The number of aromatic amines is 1. The van der Waals surface area contributed by atoms with Crippen LogP contribution in [0.1, 0.15) is 48.9 Å². The molecular formula is C24H32N8S. The van der Waals surface area contributed by atoms with Crippen molar-refractivity contribution < 1.29 is 0 Å². The topological polar surface area (TPSA) is 108 Å². The Morgan fingerprint density at radius 1 is 1.30 bits per heavy atom. The molecule has 4 rings (SSSR count). The lowest BCUT2D eigenvalue weighted by atomic mass is 10.0. The van der Waals surface area contributed by atoms with Crippen LogP contribution in [-0.4, -0.2) is 58.4 Å². The smallest absolute Gasteiger partial charge is 0.178 e. The van der Waals surface area contributed by atoms with Gasteiger partial charge in [-0.25, -0.2) is 9.98 Å². The summed E-state index contributed by atoms with van der Waals surface area (Å²) in [6, 6.07) is 10.7. The van der Waals surface area contributed by atoms with Gasteiger partial charge in [0.1, 0.15) is 10.0 Å². The minimum atomic E-state index is 0.360. The Bertz CT molecular complexity index is 1110. The van der Waals surface area contributed by atoms with Crippen LogP contribution in [0, 0.1) is 0 Å². The molecule has 0 aliphatic carbocycles. The Kier molecular flexibility index (Phi) is 7.64.